The Hall–Kier alpha value is -1.43. The molecule has 1 unspecified atom stereocenters. The summed E-state index contributed by atoms with van der Waals surface area (Å²) in [6.45, 7) is 1.52. The molecule has 18 heavy (non-hydrogen) atoms. The van der Waals surface area contributed by atoms with Crippen LogP contribution in [0, 0.1) is 5.41 Å². The summed E-state index contributed by atoms with van der Waals surface area (Å²) >= 11 is 0. The summed E-state index contributed by atoms with van der Waals surface area (Å²) < 4.78 is 0. The zero-order valence-corrected chi connectivity index (χ0v) is 10.4. The molecule has 1 atom stereocenters. The summed E-state index contributed by atoms with van der Waals surface area (Å²) in [5.74, 6) is -0.105. The molecule has 5 N–H and O–H groups in total. The summed E-state index contributed by atoms with van der Waals surface area (Å²) in [5.41, 5.74) is 6.62. The molecule has 0 heterocycles. The number of nitrogens with one attached hydrogen (secondary N) is 1. The van der Waals surface area contributed by atoms with Gasteiger partial charge in [0.2, 0.25) is 0 Å². The molecule has 0 saturated heterocycles. The number of aliphatic hydroxyl groups is 2. The zero-order valence-electron chi connectivity index (χ0n) is 10.4. The van der Waals surface area contributed by atoms with Gasteiger partial charge in [-0.1, -0.05) is 30.3 Å². The fourth-order valence-electron chi connectivity index (χ4n) is 1.90. The van der Waals surface area contributed by atoms with Crippen molar-refractivity contribution in [2.75, 3.05) is 32.8 Å². The van der Waals surface area contributed by atoms with Crippen LogP contribution in [-0.2, 0) is 0 Å². The fourth-order valence-corrected chi connectivity index (χ4v) is 1.90. The van der Waals surface area contributed by atoms with E-state index in [1.54, 1.807) is 0 Å². The minimum Gasteiger partial charge on any atom is -0.395 e. The first-order valence-corrected chi connectivity index (χ1v) is 6.02. The van der Waals surface area contributed by atoms with E-state index in [9.17, 15) is 0 Å². The van der Waals surface area contributed by atoms with Gasteiger partial charge in [0.1, 0.15) is 0 Å². The average Bonchev–Trinajstić information content (AvgIpc) is 2.37. The second-order valence-corrected chi connectivity index (χ2v) is 4.17. The Labute approximate surface area is 107 Å². The summed E-state index contributed by atoms with van der Waals surface area (Å²) in [7, 11) is 0. The third kappa shape index (κ3) is 4.44. The number of benzene rings is 1. The van der Waals surface area contributed by atoms with Crippen molar-refractivity contribution in [3.05, 3.63) is 35.9 Å². The van der Waals surface area contributed by atoms with Crippen LogP contribution in [0.1, 0.15) is 11.5 Å². The van der Waals surface area contributed by atoms with Gasteiger partial charge in [0.25, 0.3) is 0 Å². The maximum Gasteiger partial charge on any atom is 0.0995 e. The van der Waals surface area contributed by atoms with Crippen molar-refractivity contribution >= 4 is 5.84 Å². The summed E-state index contributed by atoms with van der Waals surface area (Å²) in [6, 6.07) is 9.60. The van der Waals surface area contributed by atoms with E-state index in [-0.39, 0.29) is 25.0 Å². The highest BCUT2D eigenvalue weighted by molar-refractivity contribution is 5.84. The van der Waals surface area contributed by atoms with E-state index in [0.717, 1.165) is 5.56 Å². The van der Waals surface area contributed by atoms with Crippen LogP contribution in [0.3, 0.4) is 0 Å². The Balaban J connectivity index is 2.76. The first-order chi connectivity index (χ1) is 8.69. The molecule has 0 spiro atoms. The van der Waals surface area contributed by atoms with Crippen LogP contribution in [0.5, 0.6) is 0 Å². The quantitative estimate of drug-likeness (QED) is 0.386. The number of hydrogen-bond donors (Lipinski definition) is 4. The lowest BCUT2D eigenvalue weighted by Crippen LogP contribution is -2.37. The van der Waals surface area contributed by atoms with E-state index in [1.807, 2.05) is 35.2 Å². The van der Waals surface area contributed by atoms with E-state index in [2.05, 4.69) is 0 Å². The van der Waals surface area contributed by atoms with Gasteiger partial charge in [-0.2, -0.15) is 0 Å². The van der Waals surface area contributed by atoms with Crippen molar-refractivity contribution in [2.24, 2.45) is 5.73 Å². The van der Waals surface area contributed by atoms with Crippen LogP contribution in [0.2, 0.25) is 0 Å². The monoisotopic (exact) mass is 251 g/mol. The average molecular weight is 251 g/mol. The molecule has 1 rings (SSSR count). The lowest BCUT2D eigenvalue weighted by atomic mass is 9.97. The minimum atomic E-state index is -0.204. The van der Waals surface area contributed by atoms with Gasteiger partial charge in [-0.05, 0) is 5.56 Å². The van der Waals surface area contributed by atoms with Crippen LogP contribution < -0.4 is 5.73 Å². The number of nitrogens with two attached hydrogens (primary N) is 1. The molecule has 0 aromatic heterocycles. The zero-order chi connectivity index (χ0) is 13.4. The first-order valence-electron chi connectivity index (χ1n) is 6.02. The molecule has 1 aromatic rings. The topological polar surface area (TPSA) is 93.6 Å². The number of rotatable bonds is 8. The van der Waals surface area contributed by atoms with Crippen molar-refractivity contribution in [3.63, 3.8) is 0 Å². The highest BCUT2D eigenvalue weighted by atomic mass is 16.3. The predicted molar refractivity (Wildman–Crippen MR) is 71.7 cm³/mol. The number of hydrogen-bond acceptors (Lipinski definition) is 4. The van der Waals surface area contributed by atoms with Crippen LogP contribution in [0.4, 0.5) is 0 Å². The van der Waals surface area contributed by atoms with Gasteiger partial charge >= 0.3 is 0 Å². The third-order valence-corrected chi connectivity index (χ3v) is 2.85. The molecule has 5 nitrogen and oxygen atoms in total. The molecule has 0 amide bonds. The molecule has 1 aromatic carbocycles. The Morgan fingerprint density at radius 2 is 1.72 bits per heavy atom. The first kappa shape index (κ1) is 14.6. The maximum atomic E-state index is 8.98. The van der Waals surface area contributed by atoms with Crippen LogP contribution in [0.25, 0.3) is 0 Å². The van der Waals surface area contributed by atoms with Gasteiger partial charge in [0.05, 0.1) is 25.0 Å². The molecular formula is C13H21N3O2. The number of nitrogens with zero attached hydrogens (tertiary/aromatic N) is 1. The highest BCUT2D eigenvalue weighted by Crippen LogP contribution is 2.16. The molecule has 0 aliphatic rings. The Morgan fingerprint density at radius 3 is 2.17 bits per heavy atom. The Morgan fingerprint density at radius 1 is 1.17 bits per heavy atom. The van der Waals surface area contributed by atoms with Crippen LogP contribution in [-0.4, -0.2) is 53.8 Å². The Kier molecular flexibility index (Phi) is 6.35. The largest absolute Gasteiger partial charge is 0.395 e. The summed E-state index contributed by atoms with van der Waals surface area (Å²) in [5, 5.41) is 25.6. The standard InChI is InChI=1S/C13H21N3O2/c14-13(15)12(11-4-2-1-3-5-11)10-16(6-8-17)7-9-18/h1-5,12,17-18H,6-10H2,(H3,14,15). The summed E-state index contributed by atoms with van der Waals surface area (Å²) in [4.78, 5) is 1.90. The maximum absolute atomic E-state index is 8.98. The molecule has 100 valence electrons. The lowest BCUT2D eigenvalue weighted by molar-refractivity contribution is 0.160. The molecule has 0 bridgehead atoms. The van der Waals surface area contributed by atoms with E-state index in [0.29, 0.717) is 19.6 Å². The lowest BCUT2D eigenvalue weighted by Gasteiger charge is -2.26. The SMILES string of the molecule is N=C(N)C(CN(CCO)CCO)c1ccccc1. The van der Waals surface area contributed by atoms with Gasteiger partial charge in [0.15, 0.2) is 0 Å². The molecular weight excluding hydrogens is 230 g/mol. The Bertz CT molecular complexity index is 351. The smallest absolute Gasteiger partial charge is 0.0995 e. The van der Waals surface area contributed by atoms with Gasteiger partial charge in [-0.3, -0.25) is 10.3 Å². The predicted octanol–water partition coefficient (Wildman–Crippen LogP) is -0.00723. The molecule has 0 radical (unpaired) electrons. The highest BCUT2D eigenvalue weighted by Gasteiger charge is 2.18. The number of aliphatic hydroxyl groups excluding tert-OH is 2. The van der Waals surface area contributed by atoms with E-state index >= 15 is 0 Å². The van der Waals surface area contributed by atoms with Gasteiger partial charge in [0, 0.05) is 19.6 Å². The fraction of sp³-hybridized carbons (Fsp3) is 0.462. The number of amidine groups is 1. The molecule has 0 saturated carbocycles. The van der Waals surface area contributed by atoms with Crippen molar-refractivity contribution in [1.82, 2.24) is 4.90 Å². The van der Waals surface area contributed by atoms with Gasteiger partial charge in [-0.15, -0.1) is 0 Å². The van der Waals surface area contributed by atoms with Crippen molar-refractivity contribution in [1.29, 1.82) is 5.41 Å². The molecule has 5 heteroatoms. The van der Waals surface area contributed by atoms with Crippen LogP contribution in [0.15, 0.2) is 30.3 Å². The normalized spacial score (nSPS) is 12.6. The van der Waals surface area contributed by atoms with Crippen molar-refractivity contribution in [3.8, 4) is 0 Å². The van der Waals surface area contributed by atoms with Crippen LogP contribution >= 0.6 is 0 Å². The van der Waals surface area contributed by atoms with Gasteiger partial charge < -0.3 is 15.9 Å². The van der Waals surface area contributed by atoms with Gasteiger partial charge in [-0.25, -0.2) is 0 Å². The second kappa shape index (κ2) is 7.81. The molecule has 0 aliphatic heterocycles. The van der Waals surface area contributed by atoms with Crippen molar-refractivity contribution < 1.29 is 10.2 Å². The summed E-state index contributed by atoms with van der Waals surface area (Å²) in [6.07, 6.45) is 0. The molecule has 0 aliphatic carbocycles. The van der Waals surface area contributed by atoms with E-state index in [4.69, 9.17) is 21.4 Å². The third-order valence-electron chi connectivity index (χ3n) is 2.85. The van der Waals surface area contributed by atoms with E-state index < -0.39 is 0 Å². The molecule has 0 fully saturated rings. The van der Waals surface area contributed by atoms with E-state index in [1.165, 1.54) is 0 Å². The minimum absolute atomic E-state index is 0.0272. The second-order valence-electron chi connectivity index (χ2n) is 4.17. The van der Waals surface area contributed by atoms with Crippen molar-refractivity contribution in [2.45, 2.75) is 5.92 Å².